The highest BCUT2D eigenvalue weighted by Crippen LogP contribution is 2.18. The molecule has 0 bridgehead atoms. The van der Waals surface area contributed by atoms with Crippen LogP contribution in [-0.2, 0) is 13.6 Å². The van der Waals surface area contributed by atoms with Crippen molar-refractivity contribution in [3.05, 3.63) is 24.0 Å². The van der Waals surface area contributed by atoms with Gasteiger partial charge >= 0.3 is 0 Å². The van der Waals surface area contributed by atoms with E-state index in [4.69, 9.17) is 4.52 Å². The third-order valence-electron chi connectivity index (χ3n) is 2.19. The van der Waals surface area contributed by atoms with Crippen molar-refractivity contribution in [2.24, 2.45) is 7.05 Å². The molecule has 0 unspecified atom stereocenters. The van der Waals surface area contributed by atoms with Gasteiger partial charge in [-0.3, -0.25) is 4.68 Å². The van der Waals surface area contributed by atoms with E-state index in [9.17, 15) is 0 Å². The van der Waals surface area contributed by atoms with E-state index in [2.05, 4.69) is 22.5 Å². The zero-order valence-corrected chi connectivity index (χ0v) is 8.90. The van der Waals surface area contributed by atoms with Gasteiger partial charge in [-0.1, -0.05) is 12.1 Å². The highest BCUT2D eigenvalue weighted by Gasteiger charge is 2.09. The number of aromatic nitrogens is 3. The fraction of sp³-hybridized carbons (Fsp3) is 0.400. The van der Waals surface area contributed by atoms with Crippen LogP contribution in [0.15, 0.2) is 22.9 Å². The summed E-state index contributed by atoms with van der Waals surface area (Å²) in [5.41, 5.74) is 1.85. The fourth-order valence-corrected chi connectivity index (χ4v) is 1.38. The molecule has 5 nitrogen and oxygen atoms in total. The molecule has 0 aliphatic heterocycles. The zero-order chi connectivity index (χ0) is 10.7. The van der Waals surface area contributed by atoms with Gasteiger partial charge in [-0.25, -0.2) is 0 Å². The third kappa shape index (κ3) is 2.07. The first-order valence-corrected chi connectivity index (χ1v) is 4.96. The highest BCUT2D eigenvalue weighted by molar-refractivity contribution is 5.51. The van der Waals surface area contributed by atoms with Crippen LogP contribution in [0, 0.1) is 0 Å². The molecule has 2 aromatic rings. The topological polar surface area (TPSA) is 55.9 Å². The lowest BCUT2D eigenvalue weighted by molar-refractivity contribution is 0.417. The summed E-state index contributed by atoms with van der Waals surface area (Å²) in [6, 6.07) is 3.83. The van der Waals surface area contributed by atoms with Gasteiger partial charge in [-0.05, 0) is 12.6 Å². The molecule has 2 rings (SSSR count). The van der Waals surface area contributed by atoms with Crippen molar-refractivity contribution in [1.82, 2.24) is 20.3 Å². The number of nitrogens with zero attached hydrogens (tertiary/aromatic N) is 3. The number of aryl methyl sites for hydroxylation is 1. The van der Waals surface area contributed by atoms with Gasteiger partial charge in [-0.15, -0.1) is 0 Å². The monoisotopic (exact) mass is 206 g/mol. The molecule has 1 N–H and O–H groups in total. The molecule has 80 valence electrons. The lowest BCUT2D eigenvalue weighted by Gasteiger charge is -1.94. The van der Waals surface area contributed by atoms with Gasteiger partial charge in [0, 0.05) is 25.9 Å². The predicted molar refractivity (Wildman–Crippen MR) is 56.1 cm³/mol. The molecule has 0 aliphatic carbocycles. The van der Waals surface area contributed by atoms with Gasteiger partial charge in [0.1, 0.15) is 5.69 Å². The summed E-state index contributed by atoms with van der Waals surface area (Å²) < 4.78 is 7.00. The summed E-state index contributed by atoms with van der Waals surface area (Å²) in [4.78, 5) is 0. The molecule has 0 spiro atoms. The summed E-state index contributed by atoms with van der Waals surface area (Å²) in [5, 5.41) is 11.2. The molecule has 0 atom stereocenters. The van der Waals surface area contributed by atoms with Crippen LogP contribution in [0.2, 0.25) is 0 Å². The molecule has 0 amide bonds. The van der Waals surface area contributed by atoms with Gasteiger partial charge < -0.3 is 9.84 Å². The summed E-state index contributed by atoms with van der Waals surface area (Å²) in [5.74, 6) is 0.753. The molecule has 2 aromatic heterocycles. The quantitative estimate of drug-likeness (QED) is 0.816. The predicted octanol–water partition coefficient (Wildman–Crippen LogP) is 1.18. The Morgan fingerprint density at radius 2 is 2.40 bits per heavy atom. The Morgan fingerprint density at radius 1 is 1.53 bits per heavy atom. The van der Waals surface area contributed by atoms with E-state index in [1.807, 2.05) is 19.2 Å². The van der Waals surface area contributed by atoms with Crippen molar-refractivity contribution < 1.29 is 4.52 Å². The van der Waals surface area contributed by atoms with Gasteiger partial charge in [0.05, 0.1) is 5.69 Å². The van der Waals surface area contributed by atoms with E-state index in [1.54, 1.807) is 10.9 Å². The fourth-order valence-electron chi connectivity index (χ4n) is 1.38. The summed E-state index contributed by atoms with van der Waals surface area (Å²) in [7, 11) is 1.88. The van der Waals surface area contributed by atoms with Gasteiger partial charge in [0.2, 0.25) is 0 Å². The smallest absolute Gasteiger partial charge is 0.185 e. The second-order valence-corrected chi connectivity index (χ2v) is 3.30. The Morgan fingerprint density at radius 3 is 3.07 bits per heavy atom. The lowest BCUT2D eigenvalue weighted by Crippen LogP contribution is -2.11. The number of nitrogens with one attached hydrogen (secondary N) is 1. The largest absolute Gasteiger partial charge is 0.354 e. The Balaban J connectivity index is 2.17. The first-order valence-electron chi connectivity index (χ1n) is 4.96. The average Bonchev–Trinajstić information content (AvgIpc) is 2.83. The van der Waals surface area contributed by atoms with Crippen molar-refractivity contribution in [3.63, 3.8) is 0 Å². The molecule has 2 heterocycles. The van der Waals surface area contributed by atoms with E-state index in [-0.39, 0.29) is 0 Å². The van der Waals surface area contributed by atoms with E-state index in [0.29, 0.717) is 0 Å². The molecular formula is C10H14N4O. The van der Waals surface area contributed by atoms with Crippen LogP contribution in [0.5, 0.6) is 0 Å². The number of hydrogen-bond donors (Lipinski definition) is 1. The SMILES string of the molecule is CCNCc1cc(-c2ccnn2C)on1. The van der Waals surface area contributed by atoms with Gasteiger partial charge in [-0.2, -0.15) is 5.10 Å². The molecular weight excluding hydrogens is 192 g/mol. The second-order valence-electron chi connectivity index (χ2n) is 3.30. The molecule has 0 radical (unpaired) electrons. The Labute approximate surface area is 88.1 Å². The second kappa shape index (κ2) is 4.27. The maximum Gasteiger partial charge on any atom is 0.185 e. The van der Waals surface area contributed by atoms with Crippen LogP contribution in [0.4, 0.5) is 0 Å². The molecule has 15 heavy (non-hydrogen) atoms. The van der Waals surface area contributed by atoms with Crippen LogP contribution in [0.25, 0.3) is 11.5 Å². The Hall–Kier alpha value is -1.62. The van der Waals surface area contributed by atoms with Gasteiger partial charge in [0.25, 0.3) is 0 Å². The van der Waals surface area contributed by atoms with Crippen molar-refractivity contribution in [3.8, 4) is 11.5 Å². The molecule has 0 fully saturated rings. The van der Waals surface area contributed by atoms with Crippen LogP contribution < -0.4 is 5.32 Å². The third-order valence-corrected chi connectivity index (χ3v) is 2.19. The minimum Gasteiger partial charge on any atom is -0.354 e. The maximum atomic E-state index is 5.24. The summed E-state index contributed by atoms with van der Waals surface area (Å²) >= 11 is 0. The van der Waals surface area contributed by atoms with Crippen molar-refractivity contribution in [2.45, 2.75) is 13.5 Å². The molecule has 0 saturated carbocycles. The van der Waals surface area contributed by atoms with Crippen molar-refractivity contribution in [2.75, 3.05) is 6.54 Å². The standard InChI is InChI=1S/C10H14N4O/c1-3-11-7-8-6-10(15-13-8)9-4-5-12-14(9)2/h4-6,11H,3,7H2,1-2H3. The summed E-state index contributed by atoms with van der Waals surface area (Å²) in [6.45, 7) is 3.72. The van der Waals surface area contributed by atoms with Crippen LogP contribution in [0.3, 0.4) is 0 Å². The minimum absolute atomic E-state index is 0.734. The first-order chi connectivity index (χ1) is 7.31. The lowest BCUT2D eigenvalue weighted by atomic mass is 10.3. The molecule has 5 heteroatoms. The molecule has 0 saturated heterocycles. The Bertz CT molecular complexity index is 432. The highest BCUT2D eigenvalue weighted by atomic mass is 16.5. The van der Waals surface area contributed by atoms with Crippen molar-refractivity contribution >= 4 is 0 Å². The van der Waals surface area contributed by atoms with Crippen molar-refractivity contribution in [1.29, 1.82) is 0 Å². The van der Waals surface area contributed by atoms with Gasteiger partial charge in [0.15, 0.2) is 5.76 Å². The number of rotatable bonds is 4. The summed E-state index contributed by atoms with van der Waals surface area (Å²) in [6.07, 6.45) is 1.74. The van der Waals surface area contributed by atoms with E-state index >= 15 is 0 Å². The number of hydrogen-bond acceptors (Lipinski definition) is 4. The zero-order valence-electron chi connectivity index (χ0n) is 8.90. The van der Waals surface area contributed by atoms with Crippen LogP contribution in [0.1, 0.15) is 12.6 Å². The first kappa shape index (κ1) is 9.92. The van der Waals surface area contributed by atoms with Crippen LogP contribution >= 0.6 is 0 Å². The normalized spacial score (nSPS) is 10.8. The molecule has 0 aromatic carbocycles. The van der Waals surface area contributed by atoms with E-state index in [1.165, 1.54) is 0 Å². The Kier molecular flexibility index (Phi) is 2.82. The van der Waals surface area contributed by atoms with E-state index < -0.39 is 0 Å². The maximum absolute atomic E-state index is 5.24. The minimum atomic E-state index is 0.734. The molecule has 0 aliphatic rings. The van der Waals surface area contributed by atoms with E-state index in [0.717, 1.165) is 30.2 Å². The average molecular weight is 206 g/mol. The van der Waals surface area contributed by atoms with Crippen LogP contribution in [-0.4, -0.2) is 21.5 Å².